The Balaban J connectivity index is 2.09. The van der Waals surface area contributed by atoms with E-state index < -0.39 is 23.8 Å². The maximum absolute atomic E-state index is 12.5. The van der Waals surface area contributed by atoms with E-state index in [4.69, 9.17) is 24.4 Å². The Morgan fingerprint density at radius 2 is 1.15 bits per heavy atom. The first kappa shape index (κ1) is 20.8. The molecule has 2 aliphatic rings. The van der Waals surface area contributed by atoms with Crippen molar-refractivity contribution in [2.45, 2.75) is 25.7 Å². The van der Waals surface area contributed by atoms with E-state index in [1.807, 2.05) is 0 Å². The molecule has 2 rings (SSSR count). The fraction of sp³-hybridized carbons (Fsp3) is 0.429. The zero-order chi connectivity index (χ0) is 19.4. The third-order valence-electron chi connectivity index (χ3n) is 3.43. The molecule has 8 nitrogen and oxygen atoms in total. The highest BCUT2D eigenvalue weighted by Crippen LogP contribution is 2.42. The predicted octanol–water partition coefficient (Wildman–Crippen LogP) is -1.02. The molecule has 2 heterocycles. The van der Waals surface area contributed by atoms with Gasteiger partial charge in [0, 0.05) is 25.0 Å². The molecule has 12 heteroatoms. The summed E-state index contributed by atoms with van der Waals surface area (Å²) in [6.07, 6.45) is -0.0294. The molecule has 0 bridgehead atoms. The number of carbonyl (C=O) groups is 4. The molecule has 0 aromatic rings. The summed E-state index contributed by atoms with van der Waals surface area (Å²) in [4.78, 5) is 48.8. The van der Waals surface area contributed by atoms with Crippen LogP contribution in [0.3, 0.4) is 0 Å². The SMILES string of the molecule is O=C([O-])CCCN1C(=O)C(=C2SC(=S)N(CCCC(=O)[O-])C2=O)SC1=S. The molecular formula is C14H12N2O6S4-2. The summed E-state index contributed by atoms with van der Waals surface area (Å²) in [7, 11) is 0. The van der Waals surface area contributed by atoms with Crippen molar-refractivity contribution in [3.63, 3.8) is 0 Å². The number of carboxylic acids is 2. The molecule has 0 atom stereocenters. The molecule has 2 aliphatic heterocycles. The second-order valence-electron chi connectivity index (χ2n) is 5.26. The third-order valence-corrected chi connectivity index (χ3v) is 6.46. The molecule has 0 spiro atoms. The predicted molar refractivity (Wildman–Crippen MR) is 99.3 cm³/mol. The number of aliphatic carboxylic acids is 2. The molecule has 26 heavy (non-hydrogen) atoms. The van der Waals surface area contributed by atoms with Gasteiger partial charge in [0.25, 0.3) is 11.8 Å². The standard InChI is InChI=1S/C14H14N2O6S4/c17-7(18)3-1-5-15-11(21)9(25-13(15)23)10-12(22)16(14(24)26-10)6-2-4-8(19)20/h1-6H2,(H,17,18)(H,19,20)/p-2. The lowest BCUT2D eigenvalue weighted by atomic mass is 10.3. The molecule has 0 saturated carbocycles. The number of hydrogen-bond acceptors (Lipinski definition) is 10. The van der Waals surface area contributed by atoms with Gasteiger partial charge in [-0.2, -0.15) is 0 Å². The van der Waals surface area contributed by atoms with Crippen LogP contribution in [-0.4, -0.2) is 55.3 Å². The molecule has 0 aromatic carbocycles. The van der Waals surface area contributed by atoms with Gasteiger partial charge in [0.05, 0.1) is 9.81 Å². The summed E-state index contributed by atoms with van der Waals surface area (Å²) in [5.74, 6) is -3.36. The van der Waals surface area contributed by atoms with Crippen molar-refractivity contribution in [3.05, 3.63) is 9.81 Å². The van der Waals surface area contributed by atoms with Crippen molar-refractivity contribution < 1.29 is 29.4 Å². The molecule has 2 fully saturated rings. The molecule has 140 valence electrons. The zero-order valence-electron chi connectivity index (χ0n) is 13.2. The number of nitrogens with zero attached hydrogens (tertiary/aromatic N) is 2. The molecule has 0 unspecified atom stereocenters. The van der Waals surface area contributed by atoms with E-state index in [2.05, 4.69) is 0 Å². The number of hydrogen-bond donors (Lipinski definition) is 0. The van der Waals surface area contributed by atoms with Gasteiger partial charge in [0.1, 0.15) is 8.64 Å². The van der Waals surface area contributed by atoms with Crippen molar-refractivity contribution in [2.24, 2.45) is 0 Å². The first-order chi connectivity index (χ1) is 12.2. The van der Waals surface area contributed by atoms with Gasteiger partial charge in [-0.1, -0.05) is 48.0 Å². The summed E-state index contributed by atoms with van der Waals surface area (Å²) in [5.41, 5.74) is 0. The van der Waals surface area contributed by atoms with E-state index in [1.165, 1.54) is 9.80 Å². The van der Waals surface area contributed by atoms with E-state index in [1.54, 1.807) is 0 Å². The summed E-state index contributed by atoms with van der Waals surface area (Å²) in [6.45, 7) is 0.238. The van der Waals surface area contributed by atoms with Gasteiger partial charge >= 0.3 is 0 Å². The van der Waals surface area contributed by atoms with Gasteiger partial charge in [0.2, 0.25) is 0 Å². The number of rotatable bonds is 8. The Labute approximate surface area is 168 Å². The highest BCUT2D eigenvalue weighted by molar-refractivity contribution is 8.29. The first-order valence-corrected chi connectivity index (χ1v) is 9.88. The largest absolute Gasteiger partial charge is 0.550 e. The quantitative estimate of drug-likeness (QED) is 0.348. The summed E-state index contributed by atoms with van der Waals surface area (Å²) in [6, 6.07) is 0. The number of carboxylic acid groups (broad SMARTS) is 2. The third kappa shape index (κ3) is 4.81. The van der Waals surface area contributed by atoms with Gasteiger partial charge in [0.15, 0.2) is 0 Å². The number of thioether (sulfide) groups is 2. The number of thiocarbonyl (C=S) groups is 2. The summed E-state index contributed by atoms with van der Waals surface area (Å²) < 4.78 is 0.483. The van der Waals surface area contributed by atoms with Crippen molar-refractivity contribution in [2.75, 3.05) is 13.1 Å². The monoisotopic (exact) mass is 432 g/mol. The Bertz CT molecular complexity index is 675. The van der Waals surface area contributed by atoms with E-state index in [0.29, 0.717) is 0 Å². The second-order valence-corrected chi connectivity index (χ2v) is 8.55. The minimum Gasteiger partial charge on any atom is -0.550 e. The smallest absolute Gasteiger partial charge is 0.267 e. The minimum atomic E-state index is -1.21. The van der Waals surface area contributed by atoms with Crippen LogP contribution in [-0.2, 0) is 19.2 Å². The molecule has 0 N–H and O–H groups in total. The Morgan fingerprint density at radius 1 is 0.808 bits per heavy atom. The zero-order valence-corrected chi connectivity index (χ0v) is 16.5. The Hall–Kier alpha value is -1.50. The van der Waals surface area contributed by atoms with Crippen molar-refractivity contribution in [3.8, 4) is 0 Å². The van der Waals surface area contributed by atoms with Crippen LogP contribution >= 0.6 is 48.0 Å². The minimum absolute atomic E-state index is 0.119. The Kier molecular flexibility index (Phi) is 7.15. The molecule has 0 radical (unpaired) electrons. The first-order valence-electron chi connectivity index (χ1n) is 7.43. The van der Waals surface area contributed by atoms with E-state index in [-0.39, 0.29) is 57.2 Å². The fourth-order valence-corrected chi connectivity index (χ4v) is 4.99. The normalized spacial score (nSPS) is 20.5. The van der Waals surface area contributed by atoms with Crippen LogP contribution in [0.4, 0.5) is 0 Å². The van der Waals surface area contributed by atoms with Crippen LogP contribution in [0.2, 0.25) is 0 Å². The van der Waals surface area contributed by atoms with Crippen LogP contribution in [0, 0.1) is 0 Å². The van der Waals surface area contributed by atoms with Crippen molar-refractivity contribution >= 4 is 80.4 Å². The average molecular weight is 433 g/mol. The lowest BCUT2D eigenvalue weighted by Crippen LogP contribution is -2.32. The summed E-state index contributed by atoms with van der Waals surface area (Å²) >= 11 is 12.2. The molecule has 2 amide bonds. The lowest BCUT2D eigenvalue weighted by molar-refractivity contribution is -0.307. The lowest BCUT2D eigenvalue weighted by Gasteiger charge is -2.14. The van der Waals surface area contributed by atoms with Gasteiger partial charge in [-0.3, -0.25) is 19.4 Å². The molecular weight excluding hydrogens is 420 g/mol. The number of amides is 2. The highest BCUT2D eigenvalue weighted by Gasteiger charge is 2.41. The summed E-state index contributed by atoms with van der Waals surface area (Å²) in [5, 5.41) is 21.0. The van der Waals surface area contributed by atoms with Crippen LogP contribution < -0.4 is 10.2 Å². The highest BCUT2D eigenvalue weighted by atomic mass is 32.2. The van der Waals surface area contributed by atoms with Crippen LogP contribution in [0.15, 0.2) is 9.81 Å². The van der Waals surface area contributed by atoms with Gasteiger partial charge in [-0.15, -0.1) is 0 Å². The molecule has 0 aliphatic carbocycles. The van der Waals surface area contributed by atoms with Gasteiger partial charge in [-0.05, 0) is 25.7 Å². The van der Waals surface area contributed by atoms with E-state index in [9.17, 15) is 29.4 Å². The fourth-order valence-electron chi connectivity index (χ4n) is 2.22. The van der Waals surface area contributed by atoms with Crippen molar-refractivity contribution in [1.29, 1.82) is 0 Å². The molecule has 0 aromatic heterocycles. The molecule has 2 saturated heterocycles. The maximum atomic E-state index is 12.5. The van der Waals surface area contributed by atoms with Crippen LogP contribution in [0.25, 0.3) is 0 Å². The van der Waals surface area contributed by atoms with Crippen LogP contribution in [0.1, 0.15) is 25.7 Å². The van der Waals surface area contributed by atoms with E-state index >= 15 is 0 Å². The number of carbonyl (C=O) groups excluding carboxylic acids is 4. The van der Waals surface area contributed by atoms with Crippen LogP contribution in [0.5, 0.6) is 0 Å². The van der Waals surface area contributed by atoms with Crippen molar-refractivity contribution in [1.82, 2.24) is 9.80 Å². The van der Waals surface area contributed by atoms with Gasteiger partial charge < -0.3 is 19.8 Å². The Morgan fingerprint density at radius 3 is 1.46 bits per heavy atom. The average Bonchev–Trinajstić information content (AvgIpc) is 2.98. The van der Waals surface area contributed by atoms with Gasteiger partial charge in [-0.25, -0.2) is 0 Å². The second kappa shape index (κ2) is 8.93. The van der Waals surface area contributed by atoms with E-state index in [0.717, 1.165) is 23.5 Å². The maximum Gasteiger partial charge on any atom is 0.267 e. The topological polar surface area (TPSA) is 121 Å².